The second kappa shape index (κ2) is 7.01. The average molecular weight is 351 g/mol. The normalized spacial score (nSPS) is 9.76. The maximum absolute atomic E-state index is 12.4. The van der Waals surface area contributed by atoms with E-state index in [0.29, 0.717) is 16.7 Å². The van der Waals surface area contributed by atoms with E-state index in [2.05, 4.69) is 15.9 Å². The molecule has 0 spiro atoms. The Balaban J connectivity index is 0.00000220. The molecule has 4 N–H and O–H groups in total. The van der Waals surface area contributed by atoms with Crippen molar-refractivity contribution in [2.24, 2.45) is 0 Å². The predicted octanol–water partition coefficient (Wildman–Crippen LogP) is 0.730. The summed E-state index contributed by atoms with van der Waals surface area (Å²) in [5.41, 5.74) is 7.23. The van der Waals surface area contributed by atoms with Gasteiger partial charge in [0.25, 0.3) is 0 Å². The molecule has 0 unspecified atom stereocenters. The van der Waals surface area contributed by atoms with Crippen LogP contribution in [0.4, 0.5) is 5.69 Å². The van der Waals surface area contributed by atoms with E-state index >= 15 is 0 Å². The Bertz CT molecular complexity index is 668. The van der Waals surface area contributed by atoms with Crippen LogP contribution >= 0.6 is 15.9 Å². The Morgan fingerprint density at radius 3 is 2.29 bits per heavy atom. The number of rotatable bonds is 4. The number of halogens is 1. The van der Waals surface area contributed by atoms with Crippen LogP contribution in [0.15, 0.2) is 46.9 Å². The van der Waals surface area contributed by atoms with Crippen molar-refractivity contribution in [1.82, 2.24) is 0 Å². The standard InChI is InChI=1S/C15H12BrNO3.H2O/c16-11-6-4-9(5-7-11)15(20)12-3-1-2-10(14(12)17)8-13(18)19;/h1-7H,8,17H2,(H,18,19);1H2/p-1. The zero-order valence-corrected chi connectivity index (χ0v) is 12.5. The molecule has 0 heterocycles. The Morgan fingerprint density at radius 1 is 1.10 bits per heavy atom. The minimum atomic E-state index is -1.23. The number of carbonyl (C=O) groups excluding carboxylic acids is 2. The number of hydrogen-bond acceptors (Lipinski definition) is 4. The Kier molecular flexibility index (Phi) is 5.63. The fourth-order valence-electron chi connectivity index (χ4n) is 1.88. The van der Waals surface area contributed by atoms with E-state index in [1.54, 1.807) is 42.5 Å². The Labute approximate surface area is 129 Å². The van der Waals surface area contributed by atoms with Gasteiger partial charge in [0.2, 0.25) is 0 Å². The summed E-state index contributed by atoms with van der Waals surface area (Å²) in [5, 5.41) is 10.7. The van der Waals surface area contributed by atoms with Crippen LogP contribution in [0, 0.1) is 0 Å². The molecule has 0 fully saturated rings. The molecule has 0 aliphatic heterocycles. The molecule has 5 nitrogen and oxygen atoms in total. The first kappa shape index (κ1) is 16.9. The van der Waals surface area contributed by atoms with Crippen molar-refractivity contribution in [3.63, 3.8) is 0 Å². The monoisotopic (exact) mass is 350 g/mol. The van der Waals surface area contributed by atoms with Gasteiger partial charge in [0.1, 0.15) is 0 Å². The molecule has 2 aromatic rings. The summed E-state index contributed by atoms with van der Waals surface area (Å²) < 4.78 is 0.868. The molecule has 0 aliphatic rings. The second-order valence-corrected chi connectivity index (χ2v) is 5.18. The minimum absolute atomic E-state index is 0. The van der Waals surface area contributed by atoms with E-state index < -0.39 is 5.97 Å². The van der Waals surface area contributed by atoms with Crippen LogP contribution in [0.1, 0.15) is 21.5 Å². The third kappa shape index (κ3) is 3.90. The zero-order valence-electron chi connectivity index (χ0n) is 10.9. The van der Waals surface area contributed by atoms with E-state index in [-0.39, 0.29) is 23.4 Å². The quantitative estimate of drug-likeness (QED) is 0.646. The number of benzene rings is 2. The summed E-state index contributed by atoms with van der Waals surface area (Å²) in [6.45, 7) is 0. The summed E-state index contributed by atoms with van der Waals surface area (Å²) >= 11 is 3.30. The molecular formula is C15H13BrNO4-. The molecule has 2 aromatic carbocycles. The molecule has 6 heteroatoms. The number of aliphatic carboxylic acids is 1. The van der Waals surface area contributed by atoms with Crippen LogP contribution < -0.4 is 10.8 Å². The molecule has 0 saturated heterocycles. The van der Waals surface area contributed by atoms with E-state index in [0.717, 1.165) is 4.47 Å². The van der Waals surface area contributed by atoms with Crippen molar-refractivity contribution >= 4 is 33.4 Å². The number of nitrogens with two attached hydrogens (primary N) is 1. The number of carboxylic acid groups (broad SMARTS) is 1. The van der Waals surface area contributed by atoms with Crippen LogP contribution in [0.3, 0.4) is 0 Å². The van der Waals surface area contributed by atoms with Crippen LogP contribution in [0.25, 0.3) is 0 Å². The second-order valence-electron chi connectivity index (χ2n) is 4.26. The first-order valence-corrected chi connectivity index (χ1v) is 6.66. The number of hydrogen-bond donors (Lipinski definition) is 1. The van der Waals surface area contributed by atoms with Gasteiger partial charge in [0, 0.05) is 33.7 Å². The van der Waals surface area contributed by atoms with Gasteiger partial charge in [-0.2, -0.15) is 0 Å². The van der Waals surface area contributed by atoms with Gasteiger partial charge >= 0.3 is 0 Å². The SMILES string of the molecule is Nc1c(CC(=O)[O-])cccc1C(=O)c1ccc(Br)cc1.O. The molecule has 0 aromatic heterocycles. The lowest BCUT2D eigenvalue weighted by Crippen LogP contribution is -2.25. The number of carboxylic acids is 1. The highest BCUT2D eigenvalue weighted by atomic mass is 79.9. The van der Waals surface area contributed by atoms with Gasteiger partial charge in [-0.05, 0) is 35.9 Å². The molecule has 2 rings (SSSR count). The van der Waals surface area contributed by atoms with E-state index in [4.69, 9.17) is 5.73 Å². The van der Waals surface area contributed by atoms with Crippen molar-refractivity contribution < 1.29 is 20.2 Å². The van der Waals surface area contributed by atoms with Crippen molar-refractivity contribution in [3.8, 4) is 0 Å². The molecular weight excluding hydrogens is 338 g/mol. The topological polar surface area (TPSA) is 115 Å². The van der Waals surface area contributed by atoms with Gasteiger partial charge in [-0.3, -0.25) is 4.79 Å². The molecule has 0 aliphatic carbocycles. The van der Waals surface area contributed by atoms with E-state index in [1.165, 1.54) is 0 Å². The molecule has 0 amide bonds. The maximum atomic E-state index is 12.4. The van der Waals surface area contributed by atoms with Gasteiger partial charge in [0.05, 0.1) is 0 Å². The molecule has 0 bridgehead atoms. The molecule has 0 radical (unpaired) electrons. The molecule has 0 saturated carbocycles. The van der Waals surface area contributed by atoms with Gasteiger partial charge in [-0.1, -0.05) is 28.1 Å². The van der Waals surface area contributed by atoms with Crippen LogP contribution in [-0.2, 0) is 11.2 Å². The summed E-state index contributed by atoms with van der Waals surface area (Å²) in [5.74, 6) is -1.47. The number of anilines is 1. The van der Waals surface area contributed by atoms with Crippen molar-refractivity contribution in [2.45, 2.75) is 6.42 Å². The summed E-state index contributed by atoms with van der Waals surface area (Å²) in [4.78, 5) is 23.0. The molecule has 21 heavy (non-hydrogen) atoms. The number of ketones is 1. The van der Waals surface area contributed by atoms with Crippen LogP contribution in [-0.4, -0.2) is 17.2 Å². The van der Waals surface area contributed by atoms with Crippen LogP contribution in [0.2, 0.25) is 0 Å². The fourth-order valence-corrected chi connectivity index (χ4v) is 2.14. The van der Waals surface area contributed by atoms with Crippen molar-refractivity contribution in [3.05, 3.63) is 63.6 Å². The molecule has 0 atom stereocenters. The number of para-hydroxylation sites is 1. The van der Waals surface area contributed by atoms with Gasteiger partial charge in [-0.25, -0.2) is 0 Å². The highest BCUT2D eigenvalue weighted by Gasteiger charge is 2.14. The first-order chi connectivity index (χ1) is 9.49. The maximum Gasteiger partial charge on any atom is 0.195 e. The van der Waals surface area contributed by atoms with Gasteiger partial charge < -0.3 is 21.1 Å². The summed E-state index contributed by atoms with van der Waals surface area (Å²) in [6, 6.07) is 11.6. The number of carbonyl (C=O) groups is 2. The third-order valence-electron chi connectivity index (χ3n) is 2.88. The fraction of sp³-hybridized carbons (Fsp3) is 0.0667. The lowest BCUT2D eigenvalue weighted by Gasteiger charge is -2.11. The smallest absolute Gasteiger partial charge is 0.195 e. The Morgan fingerprint density at radius 2 is 1.71 bits per heavy atom. The van der Waals surface area contributed by atoms with E-state index in [9.17, 15) is 14.7 Å². The Hall–Kier alpha value is -2.18. The summed E-state index contributed by atoms with van der Waals surface area (Å²) in [7, 11) is 0. The number of nitrogen functional groups attached to an aromatic ring is 1. The highest BCUT2D eigenvalue weighted by Crippen LogP contribution is 2.22. The third-order valence-corrected chi connectivity index (χ3v) is 3.41. The van der Waals surface area contributed by atoms with Gasteiger partial charge in [-0.15, -0.1) is 0 Å². The zero-order chi connectivity index (χ0) is 14.7. The predicted molar refractivity (Wildman–Crippen MR) is 80.8 cm³/mol. The average Bonchev–Trinajstić information content (AvgIpc) is 2.41. The van der Waals surface area contributed by atoms with Crippen molar-refractivity contribution in [2.75, 3.05) is 5.73 Å². The van der Waals surface area contributed by atoms with Crippen LogP contribution in [0.5, 0.6) is 0 Å². The largest absolute Gasteiger partial charge is 0.550 e. The molecule has 110 valence electrons. The van der Waals surface area contributed by atoms with Gasteiger partial charge in [0.15, 0.2) is 5.78 Å². The minimum Gasteiger partial charge on any atom is -0.550 e. The van der Waals surface area contributed by atoms with E-state index in [1.807, 2.05) is 0 Å². The lowest BCUT2D eigenvalue weighted by atomic mass is 9.98. The lowest BCUT2D eigenvalue weighted by molar-refractivity contribution is -0.304. The highest BCUT2D eigenvalue weighted by molar-refractivity contribution is 9.10. The first-order valence-electron chi connectivity index (χ1n) is 5.86. The van der Waals surface area contributed by atoms with Crippen molar-refractivity contribution in [1.29, 1.82) is 0 Å². The summed E-state index contributed by atoms with van der Waals surface area (Å²) in [6.07, 6.45) is -0.312.